The molecule has 1 aromatic heterocycles. The highest BCUT2D eigenvalue weighted by Crippen LogP contribution is 2.26. The Balaban J connectivity index is 1.98. The predicted octanol–water partition coefficient (Wildman–Crippen LogP) is 0.883. The number of nitrogens with zero attached hydrogens (tertiary/aromatic N) is 3. The van der Waals surface area contributed by atoms with E-state index in [1.807, 2.05) is 49.3 Å². The van der Waals surface area contributed by atoms with Crippen LogP contribution >= 0.6 is 0 Å². The van der Waals surface area contributed by atoms with Crippen molar-refractivity contribution in [3.63, 3.8) is 0 Å². The van der Waals surface area contributed by atoms with Gasteiger partial charge in [0.05, 0.1) is 12.2 Å². The van der Waals surface area contributed by atoms with Gasteiger partial charge in [-0.15, -0.1) is 0 Å². The molecule has 0 saturated heterocycles. The molecule has 0 spiro atoms. The van der Waals surface area contributed by atoms with Crippen LogP contribution in [-0.2, 0) is 17.8 Å². The van der Waals surface area contributed by atoms with E-state index < -0.39 is 0 Å². The number of likely N-dealkylation sites (N-methyl/N-ethyl adjacent to an activating group) is 1. The maximum Gasteiger partial charge on any atom is 0.267 e. The molecule has 1 aliphatic heterocycles. The number of H-pyrrole nitrogens is 1. The summed E-state index contributed by atoms with van der Waals surface area (Å²) >= 11 is 0. The third kappa shape index (κ3) is 3.17. The summed E-state index contributed by atoms with van der Waals surface area (Å²) in [5.41, 5.74) is 3.15. The summed E-state index contributed by atoms with van der Waals surface area (Å²) in [5.74, 6) is 0.0694. The van der Waals surface area contributed by atoms with Crippen molar-refractivity contribution in [2.24, 2.45) is 0 Å². The van der Waals surface area contributed by atoms with Crippen LogP contribution in [0.3, 0.4) is 0 Å². The van der Waals surface area contributed by atoms with Gasteiger partial charge >= 0.3 is 0 Å². The van der Waals surface area contributed by atoms with E-state index in [1.54, 1.807) is 4.90 Å². The second kappa shape index (κ2) is 6.34. The fourth-order valence-corrected chi connectivity index (χ4v) is 2.89. The van der Waals surface area contributed by atoms with Gasteiger partial charge in [-0.1, -0.05) is 30.3 Å². The lowest BCUT2D eigenvalue weighted by atomic mass is 9.96. The number of benzene rings is 1. The number of carbonyl (C=O) groups is 1. The van der Waals surface area contributed by atoms with Crippen LogP contribution < -0.4 is 5.56 Å². The van der Waals surface area contributed by atoms with E-state index in [9.17, 15) is 9.59 Å². The molecule has 3 rings (SSSR count). The zero-order chi connectivity index (χ0) is 16.4. The fourth-order valence-electron chi connectivity index (χ4n) is 2.89. The van der Waals surface area contributed by atoms with Gasteiger partial charge in [-0.05, 0) is 20.5 Å². The largest absolute Gasteiger partial charge is 0.337 e. The van der Waals surface area contributed by atoms with Gasteiger partial charge in [-0.3, -0.25) is 9.59 Å². The number of fused-ring (bicyclic) bond motifs is 1. The van der Waals surface area contributed by atoms with E-state index in [1.165, 1.54) is 0 Å². The quantitative estimate of drug-likeness (QED) is 0.913. The molecule has 0 atom stereocenters. The number of rotatable bonds is 3. The predicted molar refractivity (Wildman–Crippen MR) is 88.0 cm³/mol. The van der Waals surface area contributed by atoms with Crippen LogP contribution in [0.1, 0.15) is 11.1 Å². The van der Waals surface area contributed by atoms with Crippen LogP contribution in [0.5, 0.6) is 0 Å². The van der Waals surface area contributed by atoms with Crippen molar-refractivity contribution >= 4 is 5.91 Å². The first-order valence-corrected chi connectivity index (χ1v) is 7.64. The van der Waals surface area contributed by atoms with Crippen molar-refractivity contribution in [3.05, 3.63) is 51.8 Å². The highest BCUT2D eigenvalue weighted by molar-refractivity contribution is 5.79. The molecule has 2 heterocycles. The molecule has 1 N–H and O–H groups in total. The third-order valence-electron chi connectivity index (χ3n) is 4.03. The smallest absolute Gasteiger partial charge is 0.267 e. The van der Waals surface area contributed by atoms with E-state index >= 15 is 0 Å². The highest BCUT2D eigenvalue weighted by atomic mass is 16.2. The van der Waals surface area contributed by atoms with Crippen LogP contribution in [0.2, 0.25) is 0 Å². The first kappa shape index (κ1) is 15.4. The second-order valence-electron chi connectivity index (χ2n) is 6.03. The molecule has 2 aromatic rings. The number of aromatic nitrogens is 2. The van der Waals surface area contributed by atoms with Crippen molar-refractivity contribution in [2.45, 2.75) is 13.0 Å². The molecule has 6 heteroatoms. The molecule has 0 fully saturated rings. The van der Waals surface area contributed by atoms with Crippen LogP contribution in [0.15, 0.2) is 35.1 Å². The number of hydrogen-bond acceptors (Lipinski definition) is 4. The molecule has 0 unspecified atom stereocenters. The number of aromatic amines is 1. The molecule has 0 saturated carbocycles. The molecular formula is C17H20N4O2. The summed E-state index contributed by atoms with van der Waals surface area (Å²) in [7, 11) is 3.74. The van der Waals surface area contributed by atoms with Gasteiger partial charge in [-0.25, -0.2) is 5.10 Å². The Kier molecular flexibility index (Phi) is 4.25. The van der Waals surface area contributed by atoms with Gasteiger partial charge in [0.1, 0.15) is 0 Å². The summed E-state index contributed by atoms with van der Waals surface area (Å²) < 4.78 is 0. The normalized spacial score (nSPS) is 14.0. The summed E-state index contributed by atoms with van der Waals surface area (Å²) in [5, 5.41) is 6.82. The minimum Gasteiger partial charge on any atom is -0.337 e. The topological polar surface area (TPSA) is 69.3 Å². The van der Waals surface area contributed by atoms with Gasteiger partial charge in [0.2, 0.25) is 5.91 Å². The Morgan fingerprint density at radius 1 is 1.26 bits per heavy atom. The van der Waals surface area contributed by atoms with E-state index in [2.05, 4.69) is 10.2 Å². The molecule has 120 valence electrons. The molecule has 1 amide bonds. The van der Waals surface area contributed by atoms with Crippen molar-refractivity contribution in [1.82, 2.24) is 20.0 Å². The fraction of sp³-hybridized carbons (Fsp3) is 0.353. The van der Waals surface area contributed by atoms with E-state index in [-0.39, 0.29) is 11.5 Å². The number of carbonyl (C=O) groups excluding carboxylic acids is 1. The summed E-state index contributed by atoms with van der Waals surface area (Å²) in [6, 6.07) is 9.73. The number of hydrogen-bond donors (Lipinski definition) is 1. The first-order chi connectivity index (χ1) is 11.1. The zero-order valence-electron chi connectivity index (χ0n) is 13.4. The molecule has 23 heavy (non-hydrogen) atoms. The SMILES string of the molecule is CN(C)CC(=O)N1CCc2c(c(-c3ccccc3)n[nH]c2=O)C1. The summed E-state index contributed by atoms with van der Waals surface area (Å²) in [6.07, 6.45) is 0.562. The first-order valence-electron chi connectivity index (χ1n) is 7.64. The van der Waals surface area contributed by atoms with Crippen molar-refractivity contribution in [2.75, 3.05) is 27.2 Å². The minimum absolute atomic E-state index is 0.0694. The zero-order valence-corrected chi connectivity index (χ0v) is 13.4. The van der Waals surface area contributed by atoms with Gasteiger partial charge in [0.15, 0.2) is 0 Å². The van der Waals surface area contributed by atoms with E-state index in [0.717, 1.165) is 22.4 Å². The second-order valence-corrected chi connectivity index (χ2v) is 6.03. The van der Waals surface area contributed by atoms with Crippen LogP contribution in [-0.4, -0.2) is 53.1 Å². The van der Waals surface area contributed by atoms with E-state index in [0.29, 0.717) is 26.1 Å². The molecule has 6 nitrogen and oxygen atoms in total. The average molecular weight is 312 g/mol. The molecular weight excluding hydrogens is 292 g/mol. The average Bonchev–Trinajstić information content (AvgIpc) is 2.55. The van der Waals surface area contributed by atoms with Crippen molar-refractivity contribution in [1.29, 1.82) is 0 Å². The van der Waals surface area contributed by atoms with E-state index in [4.69, 9.17) is 0 Å². The van der Waals surface area contributed by atoms with Crippen molar-refractivity contribution in [3.8, 4) is 11.3 Å². The Bertz CT molecular complexity index is 768. The number of amides is 1. The molecule has 0 aliphatic carbocycles. The van der Waals surface area contributed by atoms with Gasteiger partial charge in [0.25, 0.3) is 5.56 Å². The van der Waals surface area contributed by atoms with Crippen LogP contribution in [0, 0.1) is 0 Å². The van der Waals surface area contributed by atoms with Gasteiger partial charge < -0.3 is 9.80 Å². The van der Waals surface area contributed by atoms with Crippen LogP contribution in [0.4, 0.5) is 0 Å². The Morgan fingerprint density at radius 2 is 2.00 bits per heavy atom. The third-order valence-corrected chi connectivity index (χ3v) is 4.03. The number of nitrogens with one attached hydrogen (secondary N) is 1. The summed E-state index contributed by atoms with van der Waals surface area (Å²) in [6.45, 7) is 1.37. The lowest BCUT2D eigenvalue weighted by Gasteiger charge is -2.30. The lowest BCUT2D eigenvalue weighted by molar-refractivity contribution is -0.132. The minimum atomic E-state index is -0.153. The standard InChI is InChI=1S/C17H20N4O2/c1-20(2)11-15(22)21-9-8-13-14(10-21)16(18-19-17(13)23)12-6-4-3-5-7-12/h3-7H,8-11H2,1-2H3,(H,19,23). The molecule has 1 aromatic carbocycles. The molecule has 0 bridgehead atoms. The molecule has 1 aliphatic rings. The Morgan fingerprint density at radius 3 is 2.70 bits per heavy atom. The monoisotopic (exact) mass is 312 g/mol. The van der Waals surface area contributed by atoms with Crippen molar-refractivity contribution < 1.29 is 4.79 Å². The Hall–Kier alpha value is -2.47. The van der Waals surface area contributed by atoms with Crippen LogP contribution in [0.25, 0.3) is 11.3 Å². The lowest BCUT2D eigenvalue weighted by Crippen LogP contribution is -2.42. The maximum absolute atomic E-state index is 12.3. The van der Waals surface area contributed by atoms with Gasteiger partial charge in [0, 0.05) is 29.8 Å². The summed E-state index contributed by atoms with van der Waals surface area (Å²) in [4.78, 5) is 28.1. The molecule has 0 radical (unpaired) electrons. The maximum atomic E-state index is 12.3. The Labute approximate surface area is 134 Å². The van der Waals surface area contributed by atoms with Gasteiger partial charge in [-0.2, -0.15) is 5.10 Å². The highest BCUT2D eigenvalue weighted by Gasteiger charge is 2.26.